The molecule has 10 rings (SSSR count). The van der Waals surface area contributed by atoms with Crippen molar-refractivity contribution < 1.29 is 0 Å². The van der Waals surface area contributed by atoms with E-state index in [1.54, 1.807) is 0 Å². The van der Waals surface area contributed by atoms with Crippen molar-refractivity contribution in [2.75, 3.05) is 0 Å². The predicted molar refractivity (Wildman–Crippen MR) is 193 cm³/mol. The minimum Gasteiger partial charge on any atom is -0.0616 e. The monoisotopic (exact) mass is 560 g/mol. The molecule has 0 nitrogen and oxygen atoms in total. The molecule has 0 atom stereocenters. The highest BCUT2D eigenvalue weighted by Gasteiger charge is 2.33. The Hall–Kier alpha value is -4.94. The van der Waals surface area contributed by atoms with Crippen LogP contribution in [0.5, 0.6) is 0 Å². The average Bonchev–Trinajstić information content (AvgIpc) is 3.37. The van der Waals surface area contributed by atoms with Crippen molar-refractivity contribution in [2.45, 2.75) is 39.5 Å². The Labute approximate surface area is 256 Å². The van der Waals surface area contributed by atoms with Gasteiger partial charge in [-0.15, -0.1) is 0 Å². The summed E-state index contributed by atoms with van der Waals surface area (Å²) < 4.78 is 0. The van der Waals surface area contributed by atoms with E-state index in [0.717, 1.165) is 0 Å². The van der Waals surface area contributed by atoms with Gasteiger partial charge < -0.3 is 0 Å². The summed E-state index contributed by atoms with van der Waals surface area (Å²) in [6, 6.07) is 41.7. The van der Waals surface area contributed by atoms with Crippen molar-refractivity contribution in [1.29, 1.82) is 0 Å². The number of benzene rings is 9. The number of hydrogen-bond acceptors (Lipinski definition) is 0. The Morgan fingerprint density at radius 3 is 1.61 bits per heavy atom. The average molecular weight is 561 g/mol. The van der Waals surface area contributed by atoms with Crippen LogP contribution in [0.1, 0.15) is 50.7 Å². The standard InChI is InChI=1S/C44H32/c1-23(2)36-41-31-15-8-7-14-30(31)33-20-27-10-5-6-11-28(27)21-34(33)43(41)37(24(3)4)42-32-19-18-26-17-16-25-12-9-13-29-22-35(44(36)42)40(32)39(26)38(25)29/h5-24H,1-4H3. The van der Waals surface area contributed by atoms with Crippen molar-refractivity contribution in [3.05, 3.63) is 120 Å². The fourth-order valence-corrected chi connectivity index (χ4v) is 8.92. The molecular formula is C44H32. The molecule has 0 N–H and O–H groups in total. The smallest absolute Gasteiger partial charge is 0.00135 e. The van der Waals surface area contributed by atoms with Crippen LogP contribution in [-0.2, 0) is 0 Å². The third-order valence-corrected chi connectivity index (χ3v) is 10.5. The highest BCUT2D eigenvalue weighted by Crippen LogP contribution is 2.59. The molecule has 1 aliphatic rings. The van der Waals surface area contributed by atoms with Gasteiger partial charge in [0, 0.05) is 0 Å². The number of rotatable bonds is 2. The molecule has 0 aromatic heterocycles. The molecular weight excluding hydrogens is 528 g/mol. The van der Waals surface area contributed by atoms with Crippen molar-refractivity contribution in [2.24, 2.45) is 0 Å². The summed E-state index contributed by atoms with van der Waals surface area (Å²) in [6.45, 7) is 9.61. The molecule has 0 amide bonds. The molecule has 0 radical (unpaired) electrons. The Bertz CT molecular complexity index is 2700. The maximum absolute atomic E-state index is 2.51. The van der Waals surface area contributed by atoms with Crippen LogP contribution < -0.4 is 0 Å². The van der Waals surface area contributed by atoms with Gasteiger partial charge in [-0.25, -0.2) is 0 Å². The molecule has 0 saturated carbocycles. The number of fused-ring (bicyclic) bond motifs is 10. The van der Waals surface area contributed by atoms with E-state index >= 15 is 0 Å². The largest absolute Gasteiger partial charge is 0.0616 e. The van der Waals surface area contributed by atoms with Crippen LogP contribution in [0.25, 0.3) is 97.7 Å². The first kappa shape index (κ1) is 24.5. The van der Waals surface area contributed by atoms with Gasteiger partial charge in [-0.2, -0.15) is 0 Å². The van der Waals surface area contributed by atoms with E-state index in [4.69, 9.17) is 0 Å². The molecule has 9 aromatic rings. The Kier molecular flexibility index (Phi) is 4.66. The minimum absolute atomic E-state index is 0.352. The van der Waals surface area contributed by atoms with Gasteiger partial charge in [-0.1, -0.05) is 119 Å². The van der Waals surface area contributed by atoms with Crippen LogP contribution in [0, 0.1) is 0 Å². The number of hydrogen-bond donors (Lipinski definition) is 0. The van der Waals surface area contributed by atoms with Gasteiger partial charge >= 0.3 is 0 Å². The topological polar surface area (TPSA) is 0 Å². The summed E-state index contributed by atoms with van der Waals surface area (Å²) in [7, 11) is 0. The third kappa shape index (κ3) is 2.89. The van der Waals surface area contributed by atoms with Gasteiger partial charge in [-0.05, 0) is 139 Å². The second kappa shape index (κ2) is 8.36. The van der Waals surface area contributed by atoms with E-state index in [1.165, 1.54) is 109 Å². The van der Waals surface area contributed by atoms with Gasteiger partial charge in [-0.3, -0.25) is 0 Å². The van der Waals surface area contributed by atoms with Gasteiger partial charge in [0.1, 0.15) is 0 Å². The predicted octanol–water partition coefficient (Wildman–Crippen LogP) is 13.1. The molecule has 0 fully saturated rings. The van der Waals surface area contributed by atoms with E-state index in [9.17, 15) is 0 Å². The lowest BCUT2D eigenvalue weighted by atomic mass is 9.77. The van der Waals surface area contributed by atoms with Crippen molar-refractivity contribution in [3.63, 3.8) is 0 Å². The maximum Gasteiger partial charge on any atom is -0.00135 e. The SMILES string of the molecule is CC(C)c1c2c(c(C(C)C)c3c4cc5ccccc5cc4c4ccccc4c13)-c1ccc3ccc4cccc5cc-2c1c3c45. The fraction of sp³-hybridized carbons (Fsp3) is 0.136. The summed E-state index contributed by atoms with van der Waals surface area (Å²) in [4.78, 5) is 0. The zero-order valence-corrected chi connectivity index (χ0v) is 25.5. The van der Waals surface area contributed by atoms with E-state index < -0.39 is 0 Å². The first-order chi connectivity index (χ1) is 21.5. The molecule has 0 heteroatoms. The van der Waals surface area contributed by atoms with Crippen LogP contribution in [0.15, 0.2) is 109 Å². The second-order valence-electron chi connectivity index (χ2n) is 13.6. The first-order valence-electron chi connectivity index (χ1n) is 16.1. The van der Waals surface area contributed by atoms with E-state index in [1.807, 2.05) is 0 Å². The lowest BCUT2D eigenvalue weighted by molar-refractivity contribution is 0.865. The van der Waals surface area contributed by atoms with Gasteiger partial charge in [0.2, 0.25) is 0 Å². The fourth-order valence-electron chi connectivity index (χ4n) is 8.92. The molecule has 1 aliphatic carbocycles. The lowest BCUT2D eigenvalue weighted by Gasteiger charge is -2.26. The van der Waals surface area contributed by atoms with E-state index in [2.05, 4.69) is 137 Å². The Morgan fingerprint density at radius 1 is 0.341 bits per heavy atom. The quantitative estimate of drug-likeness (QED) is 0.146. The third-order valence-electron chi connectivity index (χ3n) is 10.5. The summed E-state index contributed by atoms with van der Waals surface area (Å²) >= 11 is 0. The zero-order valence-electron chi connectivity index (χ0n) is 25.5. The highest BCUT2D eigenvalue weighted by molar-refractivity contribution is 6.36. The Balaban J connectivity index is 1.55. The zero-order chi connectivity index (χ0) is 29.4. The molecule has 44 heavy (non-hydrogen) atoms. The minimum atomic E-state index is 0.352. The Morgan fingerprint density at radius 2 is 0.886 bits per heavy atom. The molecule has 0 spiro atoms. The van der Waals surface area contributed by atoms with Crippen LogP contribution in [-0.4, -0.2) is 0 Å². The van der Waals surface area contributed by atoms with Crippen molar-refractivity contribution in [3.8, 4) is 22.3 Å². The maximum atomic E-state index is 2.51. The van der Waals surface area contributed by atoms with Crippen LogP contribution in [0.3, 0.4) is 0 Å². The first-order valence-corrected chi connectivity index (χ1v) is 16.1. The van der Waals surface area contributed by atoms with Crippen molar-refractivity contribution >= 4 is 75.4 Å². The highest BCUT2D eigenvalue weighted by atomic mass is 14.4. The van der Waals surface area contributed by atoms with Crippen LogP contribution in [0.2, 0.25) is 0 Å². The molecule has 0 unspecified atom stereocenters. The van der Waals surface area contributed by atoms with Gasteiger partial charge in [0.25, 0.3) is 0 Å². The lowest BCUT2D eigenvalue weighted by Crippen LogP contribution is -2.03. The van der Waals surface area contributed by atoms with E-state index in [-0.39, 0.29) is 0 Å². The summed E-state index contributed by atoms with van der Waals surface area (Å²) in [5.41, 5.74) is 8.75. The molecule has 0 heterocycles. The molecule has 208 valence electrons. The second-order valence-corrected chi connectivity index (χ2v) is 13.6. The molecule has 9 aromatic carbocycles. The van der Waals surface area contributed by atoms with E-state index in [0.29, 0.717) is 11.8 Å². The van der Waals surface area contributed by atoms with Crippen LogP contribution >= 0.6 is 0 Å². The van der Waals surface area contributed by atoms with Gasteiger partial charge in [0.05, 0.1) is 0 Å². The normalized spacial score (nSPS) is 13.0. The summed E-state index contributed by atoms with van der Waals surface area (Å²) in [5.74, 6) is 0.706. The van der Waals surface area contributed by atoms with Crippen LogP contribution in [0.4, 0.5) is 0 Å². The molecule has 0 aliphatic heterocycles. The summed E-state index contributed by atoms with van der Waals surface area (Å²) in [5, 5.41) is 19.3. The van der Waals surface area contributed by atoms with Crippen molar-refractivity contribution in [1.82, 2.24) is 0 Å². The molecule has 0 bridgehead atoms. The molecule has 0 saturated heterocycles. The summed E-state index contributed by atoms with van der Waals surface area (Å²) in [6.07, 6.45) is 0. The van der Waals surface area contributed by atoms with Gasteiger partial charge in [0.15, 0.2) is 0 Å².